The van der Waals surface area contributed by atoms with Crippen LogP contribution in [-0.4, -0.2) is 49.3 Å². The smallest absolute Gasteiger partial charge is 0.254 e. The molecule has 0 atom stereocenters. The second-order valence-corrected chi connectivity index (χ2v) is 7.60. The summed E-state index contributed by atoms with van der Waals surface area (Å²) in [7, 11) is 1.66. The van der Waals surface area contributed by atoms with Crippen molar-refractivity contribution in [2.24, 2.45) is 0 Å². The first-order valence-electron chi connectivity index (χ1n) is 10.4. The normalized spacial score (nSPS) is 13.9. The number of aromatic nitrogens is 1. The Kier molecular flexibility index (Phi) is 6.11. The number of benzene rings is 2. The molecule has 7 heteroatoms. The fourth-order valence-corrected chi connectivity index (χ4v) is 3.73. The molecule has 2 aromatic carbocycles. The van der Waals surface area contributed by atoms with Crippen LogP contribution in [0.5, 0.6) is 11.5 Å². The molecule has 0 N–H and O–H groups in total. The van der Waals surface area contributed by atoms with E-state index < -0.39 is 0 Å². The zero-order valence-corrected chi connectivity index (χ0v) is 18.1. The molecule has 0 spiro atoms. The van der Waals surface area contributed by atoms with Gasteiger partial charge in [-0.25, -0.2) is 0 Å². The third-order valence-electron chi connectivity index (χ3n) is 5.65. The molecule has 1 aromatic heterocycles. The van der Waals surface area contributed by atoms with Gasteiger partial charge >= 0.3 is 0 Å². The molecule has 1 fully saturated rings. The average molecular weight is 421 g/mol. The zero-order chi connectivity index (χ0) is 21.8. The van der Waals surface area contributed by atoms with Gasteiger partial charge in [-0.3, -0.25) is 4.79 Å². The van der Waals surface area contributed by atoms with Crippen LogP contribution in [0, 0.1) is 13.8 Å². The highest BCUT2D eigenvalue weighted by molar-refractivity contribution is 5.94. The Morgan fingerprint density at radius 1 is 1.03 bits per heavy atom. The first-order valence-corrected chi connectivity index (χ1v) is 10.4. The third kappa shape index (κ3) is 4.66. The minimum absolute atomic E-state index is 0.0252. The number of anilines is 1. The summed E-state index contributed by atoms with van der Waals surface area (Å²) >= 11 is 0. The van der Waals surface area contributed by atoms with Gasteiger partial charge in [0.1, 0.15) is 23.9 Å². The number of methoxy groups -OCH3 is 1. The quantitative estimate of drug-likeness (QED) is 0.602. The maximum absolute atomic E-state index is 13.0. The van der Waals surface area contributed by atoms with E-state index in [0.29, 0.717) is 31.0 Å². The average Bonchev–Trinajstić information content (AvgIpc) is 3.14. The number of aryl methyl sites for hydroxylation is 2. The second-order valence-electron chi connectivity index (χ2n) is 7.60. The van der Waals surface area contributed by atoms with Crippen molar-refractivity contribution in [1.29, 1.82) is 0 Å². The first-order chi connectivity index (χ1) is 15.0. The minimum Gasteiger partial charge on any atom is -0.497 e. The summed E-state index contributed by atoms with van der Waals surface area (Å²) in [6.45, 7) is 7.05. The number of hydrogen-bond donors (Lipinski definition) is 0. The highest BCUT2D eigenvalue weighted by Gasteiger charge is 2.22. The van der Waals surface area contributed by atoms with E-state index in [9.17, 15) is 4.79 Å². The Balaban J connectivity index is 1.36. The molecular formula is C24H27N3O4. The van der Waals surface area contributed by atoms with Crippen molar-refractivity contribution >= 4 is 11.6 Å². The minimum atomic E-state index is 0.0252. The lowest BCUT2D eigenvalue weighted by atomic mass is 10.1. The van der Waals surface area contributed by atoms with Gasteiger partial charge in [0.05, 0.1) is 18.4 Å². The van der Waals surface area contributed by atoms with E-state index in [0.717, 1.165) is 41.5 Å². The van der Waals surface area contributed by atoms with E-state index in [-0.39, 0.29) is 5.91 Å². The Hall–Kier alpha value is -3.48. The van der Waals surface area contributed by atoms with Crippen LogP contribution >= 0.6 is 0 Å². The SMILES string of the molecule is COc1ccc(N2CCN(C(=O)c3cccc(OCc4c(C)noc4C)c3)CC2)cc1. The molecule has 4 rings (SSSR count). The van der Waals surface area contributed by atoms with Crippen LogP contribution in [0.25, 0.3) is 0 Å². The summed E-state index contributed by atoms with van der Waals surface area (Å²) in [6, 6.07) is 15.4. The van der Waals surface area contributed by atoms with E-state index in [1.807, 2.05) is 49.1 Å². The van der Waals surface area contributed by atoms with Gasteiger partial charge in [0.2, 0.25) is 0 Å². The van der Waals surface area contributed by atoms with Crippen molar-refractivity contribution in [3.63, 3.8) is 0 Å². The molecule has 0 radical (unpaired) electrons. The largest absolute Gasteiger partial charge is 0.497 e. The zero-order valence-electron chi connectivity index (χ0n) is 18.1. The Morgan fingerprint density at radius 2 is 1.77 bits per heavy atom. The number of carbonyl (C=O) groups is 1. The lowest BCUT2D eigenvalue weighted by molar-refractivity contribution is 0.0746. The number of rotatable bonds is 6. The van der Waals surface area contributed by atoms with Crippen molar-refractivity contribution in [1.82, 2.24) is 10.1 Å². The highest BCUT2D eigenvalue weighted by Crippen LogP contribution is 2.22. The van der Waals surface area contributed by atoms with Crippen LogP contribution in [0.3, 0.4) is 0 Å². The summed E-state index contributed by atoms with van der Waals surface area (Å²) in [5, 5.41) is 3.95. The van der Waals surface area contributed by atoms with Gasteiger partial charge in [0.15, 0.2) is 0 Å². The lowest BCUT2D eigenvalue weighted by Crippen LogP contribution is -2.48. The number of nitrogens with zero attached hydrogens (tertiary/aromatic N) is 3. The van der Waals surface area contributed by atoms with Gasteiger partial charge in [-0.2, -0.15) is 0 Å². The van der Waals surface area contributed by atoms with Crippen molar-refractivity contribution in [3.8, 4) is 11.5 Å². The number of hydrogen-bond acceptors (Lipinski definition) is 6. The number of ether oxygens (including phenoxy) is 2. The Labute approximate surface area is 182 Å². The molecule has 31 heavy (non-hydrogen) atoms. The Bertz CT molecular complexity index is 1020. The number of carbonyl (C=O) groups excluding carboxylic acids is 1. The van der Waals surface area contributed by atoms with Crippen molar-refractivity contribution in [3.05, 3.63) is 71.1 Å². The van der Waals surface area contributed by atoms with E-state index in [1.54, 1.807) is 13.2 Å². The van der Waals surface area contributed by atoms with E-state index in [4.69, 9.17) is 14.0 Å². The molecule has 1 aliphatic heterocycles. The van der Waals surface area contributed by atoms with Crippen molar-refractivity contribution in [2.45, 2.75) is 20.5 Å². The van der Waals surface area contributed by atoms with E-state index >= 15 is 0 Å². The molecule has 2 heterocycles. The fourth-order valence-electron chi connectivity index (χ4n) is 3.73. The standard InChI is InChI=1S/C24H27N3O4/c1-17-23(18(2)31-25-17)16-30-22-6-4-5-19(15-22)24(28)27-13-11-26(12-14-27)20-7-9-21(29-3)10-8-20/h4-10,15H,11-14,16H2,1-3H3. The summed E-state index contributed by atoms with van der Waals surface area (Å²) < 4.78 is 16.3. The molecule has 1 amide bonds. The van der Waals surface area contributed by atoms with Gasteiger partial charge in [-0.1, -0.05) is 11.2 Å². The van der Waals surface area contributed by atoms with Crippen LogP contribution < -0.4 is 14.4 Å². The molecule has 1 aliphatic rings. The first kappa shape index (κ1) is 20.8. The third-order valence-corrected chi connectivity index (χ3v) is 5.65. The lowest BCUT2D eigenvalue weighted by Gasteiger charge is -2.36. The molecule has 0 unspecified atom stereocenters. The van der Waals surface area contributed by atoms with E-state index in [2.05, 4.69) is 22.2 Å². The van der Waals surface area contributed by atoms with Crippen LogP contribution in [0.15, 0.2) is 53.1 Å². The molecule has 0 bridgehead atoms. The maximum atomic E-state index is 13.0. The van der Waals surface area contributed by atoms with Gasteiger partial charge < -0.3 is 23.8 Å². The molecule has 1 saturated heterocycles. The number of amides is 1. The maximum Gasteiger partial charge on any atom is 0.254 e. The van der Waals surface area contributed by atoms with Gasteiger partial charge in [0.25, 0.3) is 5.91 Å². The molecule has 7 nitrogen and oxygen atoms in total. The fraction of sp³-hybridized carbons (Fsp3) is 0.333. The monoisotopic (exact) mass is 421 g/mol. The topological polar surface area (TPSA) is 68.0 Å². The van der Waals surface area contributed by atoms with Gasteiger partial charge in [-0.05, 0) is 56.3 Å². The predicted octanol–water partition coefficient (Wildman–Crippen LogP) is 3.84. The van der Waals surface area contributed by atoms with Crippen LogP contribution in [0.1, 0.15) is 27.4 Å². The molecule has 0 aliphatic carbocycles. The van der Waals surface area contributed by atoms with Crippen LogP contribution in [-0.2, 0) is 6.61 Å². The summed E-state index contributed by atoms with van der Waals surface area (Å²) in [4.78, 5) is 17.2. The molecule has 3 aromatic rings. The molecular weight excluding hydrogens is 394 g/mol. The van der Waals surface area contributed by atoms with Gasteiger partial charge in [-0.15, -0.1) is 0 Å². The predicted molar refractivity (Wildman–Crippen MR) is 118 cm³/mol. The molecule has 0 saturated carbocycles. The van der Waals surface area contributed by atoms with Crippen molar-refractivity contribution in [2.75, 3.05) is 38.2 Å². The Morgan fingerprint density at radius 3 is 2.42 bits per heavy atom. The molecule has 162 valence electrons. The second kappa shape index (κ2) is 9.12. The van der Waals surface area contributed by atoms with Crippen molar-refractivity contribution < 1.29 is 18.8 Å². The van der Waals surface area contributed by atoms with E-state index in [1.165, 1.54) is 0 Å². The summed E-state index contributed by atoms with van der Waals surface area (Å²) in [6.07, 6.45) is 0. The van der Waals surface area contributed by atoms with Crippen LogP contribution in [0.2, 0.25) is 0 Å². The summed E-state index contributed by atoms with van der Waals surface area (Å²) in [5.74, 6) is 2.27. The van der Waals surface area contributed by atoms with Crippen LogP contribution in [0.4, 0.5) is 5.69 Å². The summed E-state index contributed by atoms with van der Waals surface area (Å²) in [5.41, 5.74) is 3.53. The highest BCUT2D eigenvalue weighted by atomic mass is 16.5. The number of piperazine rings is 1. The van der Waals surface area contributed by atoms with Gasteiger partial charge in [0, 0.05) is 37.4 Å².